The summed E-state index contributed by atoms with van der Waals surface area (Å²) < 4.78 is 2.26. The predicted molar refractivity (Wildman–Crippen MR) is 80.9 cm³/mol. The van der Waals surface area contributed by atoms with Crippen LogP contribution in [-0.4, -0.2) is 31.3 Å². The lowest BCUT2D eigenvalue weighted by Crippen LogP contribution is -2.27. The molecule has 0 spiro atoms. The molecule has 3 N–H and O–H groups in total. The molecule has 0 aliphatic carbocycles. The topological polar surface area (TPSA) is 94.5 Å². The largest absolute Gasteiger partial charge is 0.370 e. The van der Waals surface area contributed by atoms with E-state index in [4.69, 9.17) is 5.73 Å². The molecule has 21 heavy (non-hydrogen) atoms. The SMILES string of the molecule is CCc1nnc2n1C[C@H](CNc1cc(C)nc(N)n1)CC2. The molecule has 0 bridgehead atoms. The van der Waals surface area contributed by atoms with E-state index in [1.165, 1.54) is 0 Å². The van der Waals surface area contributed by atoms with Crippen molar-refractivity contribution in [2.24, 2.45) is 5.92 Å². The molecule has 1 atom stereocenters. The Morgan fingerprint density at radius 3 is 3.00 bits per heavy atom. The van der Waals surface area contributed by atoms with Crippen molar-refractivity contribution in [3.05, 3.63) is 23.4 Å². The van der Waals surface area contributed by atoms with Gasteiger partial charge in [0, 0.05) is 37.7 Å². The fourth-order valence-electron chi connectivity index (χ4n) is 2.81. The second-order valence-electron chi connectivity index (χ2n) is 5.53. The van der Waals surface area contributed by atoms with E-state index < -0.39 is 0 Å². The number of nitrogen functional groups attached to an aromatic ring is 1. The van der Waals surface area contributed by atoms with Crippen molar-refractivity contribution in [1.82, 2.24) is 24.7 Å². The Hall–Kier alpha value is -2.18. The second-order valence-corrected chi connectivity index (χ2v) is 5.53. The summed E-state index contributed by atoms with van der Waals surface area (Å²) in [6, 6.07) is 1.92. The maximum absolute atomic E-state index is 5.67. The van der Waals surface area contributed by atoms with Crippen LogP contribution >= 0.6 is 0 Å². The van der Waals surface area contributed by atoms with Crippen molar-refractivity contribution in [1.29, 1.82) is 0 Å². The van der Waals surface area contributed by atoms with Crippen molar-refractivity contribution < 1.29 is 0 Å². The lowest BCUT2D eigenvalue weighted by Gasteiger charge is -2.24. The fourth-order valence-corrected chi connectivity index (χ4v) is 2.81. The van der Waals surface area contributed by atoms with E-state index in [1.807, 2.05) is 13.0 Å². The molecule has 0 unspecified atom stereocenters. The van der Waals surface area contributed by atoms with E-state index in [0.717, 1.165) is 55.5 Å². The van der Waals surface area contributed by atoms with E-state index in [9.17, 15) is 0 Å². The van der Waals surface area contributed by atoms with Crippen molar-refractivity contribution in [3.63, 3.8) is 0 Å². The quantitative estimate of drug-likeness (QED) is 0.877. The number of aromatic nitrogens is 5. The third-order valence-electron chi connectivity index (χ3n) is 3.88. The van der Waals surface area contributed by atoms with Gasteiger partial charge in [0.05, 0.1) is 0 Å². The molecule has 0 fully saturated rings. The first kappa shape index (κ1) is 13.8. The van der Waals surface area contributed by atoms with Gasteiger partial charge in [-0.3, -0.25) is 0 Å². The van der Waals surface area contributed by atoms with Gasteiger partial charge in [0.15, 0.2) is 0 Å². The second kappa shape index (κ2) is 5.67. The van der Waals surface area contributed by atoms with Crippen molar-refractivity contribution in [2.45, 2.75) is 39.7 Å². The first-order valence-electron chi connectivity index (χ1n) is 7.41. The van der Waals surface area contributed by atoms with E-state index in [2.05, 4.69) is 37.0 Å². The average Bonchev–Trinajstić information content (AvgIpc) is 2.86. The molecule has 1 aliphatic heterocycles. The van der Waals surface area contributed by atoms with Crippen LogP contribution in [-0.2, 0) is 19.4 Å². The normalized spacial score (nSPS) is 17.5. The molecule has 0 amide bonds. The first-order chi connectivity index (χ1) is 10.2. The van der Waals surface area contributed by atoms with Crippen molar-refractivity contribution in [3.8, 4) is 0 Å². The van der Waals surface area contributed by atoms with Gasteiger partial charge in [0.25, 0.3) is 0 Å². The molecule has 0 saturated heterocycles. The van der Waals surface area contributed by atoms with Crippen LogP contribution in [0.5, 0.6) is 0 Å². The number of nitrogens with two attached hydrogens (primary N) is 1. The van der Waals surface area contributed by atoms with Crippen LogP contribution in [0.3, 0.4) is 0 Å². The minimum atomic E-state index is 0.315. The first-order valence-corrected chi connectivity index (χ1v) is 7.41. The van der Waals surface area contributed by atoms with Gasteiger partial charge in [0.2, 0.25) is 5.95 Å². The molecule has 0 saturated carbocycles. The summed E-state index contributed by atoms with van der Waals surface area (Å²) in [4.78, 5) is 8.29. The molecule has 0 radical (unpaired) electrons. The zero-order valence-corrected chi connectivity index (χ0v) is 12.5. The zero-order chi connectivity index (χ0) is 14.8. The number of nitrogens with one attached hydrogen (secondary N) is 1. The minimum absolute atomic E-state index is 0.315. The number of anilines is 2. The highest BCUT2D eigenvalue weighted by Crippen LogP contribution is 2.21. The Morgan fingerprint density at radius 1 is 1.38 bits per heavy atom. The molecular weight excluding hydrogens is 266 g/mol. The van der Waals surface area contributed by atoms with Crippen LogP contribution in [0.4, 0.5) is 11.8 Å². The van der Waals surface area contributed by atoms with E-state index in [0.29, 0.717) is 11.9 Å². The Morgan fingerprint density at radius 2 is 2.24 bits per heavy atom. The molecule has 112 valence electrons. The van der Waals surface area contributed by atoms with Gasteiger partial charge in [-0.1, -0.05) is 6.92 Å². The molecule has 1 aliphatic rings. The van der Waals surface area contributed by atoms with E-state index in [1.54, 1.807) is 0 Å². The Labute approximate surface area is 124 Å². The summed E-state index contributed by atoms with van der Waals surface area (Å²) in [5.74, 6) is 3.86. The van der Waals surface area contributed by atoms with Gasteiger partial charge >= 0.3 is 0 Å². The van der Waals surface area contributed by atoms with E-state index >= 15 is 0 Å². The summed E-state index contributed by atoms with van der Waals surface area (Å²) in [7, 11) is 0. The van der Waals surface area contributed by atoms with Gasteiger partial charge in [0.1, 0.15) is 17.5 Å². The van der Waals surface area contributed by atoms with Gasteiger partial charge in [-0.2, -0.15) is 4.98 Å². The summed E-state index contributed by atoms with van der Waals surface area (Å²) in [6.07, 6.45) is 3.04. The molecule has 2 aromatic heterocycles. The summed E-state index contributed by atoms with van der Waals surface area (Å²) >= 11 is 0. The number of hydrogen-bond acceptors (Lipinski definition) is 6. The summed E-state index contributed by atoms with van der Waals surface area (Å²) in [5, 5.41) is 11.9. The highest BCUT2D eigenvalue weighted by Gasteiger charge is 2.22. The lowest BCUT2D eigenvalue weighted by molar-refractivity contribution is 0.374. The van der Waals surface area contributed by atoms with Crippen LogP contribution in [0.25, 0.3) is 0 Å². The standard InChI is InChI=1S/C14H21N7/c1-3-12-19-20-13-5-4-10(8-21(12)13)7-16-11-6-9(2)17-14(15)18-11/h6,10H,3-5,7-8H2,1-2H3,(H3,15,16,17,18)/t10-/m0/s1. The molecule has 7 heteroatoms. The Balaban J connectivity index is 1.64. The van der Waals surface area contributed by atoms with Gasteiger partial charge in [-0.15, -0.1) is 10.2 Å². The molecule has 3 heterocycles. The molecule has 0 aromatic carbocycles. The Kier molecular flexibility index (Phi) is 3.72. The highest BCUT2D eigenvalue weighted by atomic mass is 15.3. The van der Waals surface area contributed by atoms with Crippen LogP contribution in [0.2, 0.25) is 0 Å². The number of rotatable bonds is 4. The maximum atomic E-state index is 5.67. The smallest absolute Gasteiger partial charge is 0.222 e. The molecule has 7 nitrogen and oxygen atoms in total. The number of nitrogens with zero attached hydrogens (tertiary/aromatic N) is 5. The number of hydrogen-bond donors (Lipinski definition) is 2. The monoisotopic (exact) mass is 287 g/mol. The zero-order valence-electron chi connectivity index (χ0n) is 12.5. The lowest BCUT2D eigenvalue weighted by atomic mass is 9.99. The van der Waals surface area contributed by atoms with Crippen molar-refractivity contribution in [2.75, 3.05) is 17.6 Å². The summed E-state index contributed by atoms with van der Waals surface area (Å²) in [6.45, 7) is 5.88. The summed E-state index contributed by atoms with van der Waals surface area (Å²) in [5.41, 5.74) is 6.55. The fraction of sp³-hybridized carbons (Fsp3) is 0.571. The predicted octanol–water partition coefficient (Wildman–Crippen LogP) is 1.20. The van der Waals surface area contributed by atoms with Gasteiger partial charge in [-0.25, -0.2) is 4.98 Å². The van der Waals surface area contributed by atoms with Gasteiger partial charge in [-0.05, 0) is 19.3 Å². The van der Waals surface area contributed by atoms with E-state index in [-0.39, 0.29) is 0 Å². The minimum Gasteiger partial charge on any atom is -0.370 e. The third kappa shape index (κ3) is 2.96. The maximum Gasteiger partial charge on any atom is 0.222 e. The van der Waals surface area contributed by atoms with Crippen LogP contribution in [0.1, 0.15) is 30.7 Å². The number of fused-ring (bicyclic) bond motifs is 1. The molecule has 2 aromatic rings. The molecular formula is C14H21N7. The van der Waals surface area contributed by atoms with Crippen LogP contribution in [0, 0.1) is 12.8 Å². The van der Waals surface area contributed by atoms with Crippen LogP contribution in [0.15, 0.2) is 6.07 Å². The molecule has 3 rings (SSSR count). The van der Waals surface area contributed by atoms with Crippen LogP contribution < -0.4 is 11.1 Å². The highest BCUT2D eigenvalue weighted by molar-refractivity contribution is 5.40. The number of aryl methyl sites for hydroxylation is 3. The third-order valence-corrected chi connectivity index (χ3v) is 3.88. The average molecular weight is 287 g/mol. The van der Waals surface area contributed by atoms with Crippen molar-refractivity contribution >= 4 is 11.8 Å². The van der Waals surface area contributed by atoms with Gasteiger partial charge < -0.3 is 15.6 Å². The Bertz CT molecular complexity index is 600.